The number of rotatable bonds is 4. The van der Waals surface area contributed by atoms with Gasteiger partial charge in [-0.2, -0.15) is 0 Å². The number of imide groups is 1. The fraction of sp³-hybridized carbons (Fsp3) is 0.360. The Hall–Kier alpha value is -3.15. The van der Waals surface area contributed by atoms with Gasteiger partial charge in [0.15, 0.2) is 0 Å². The first-order chi connectivity index (χ1) is 14.5. The highest BCUT2D eigenvalue weighted by atomic mass is 19.1. The van der Waals surface area contributed by atoms with E-state index < -0.39 is 11.7 Å². The van der Waals surface area contributed by atoms with E-state index in [-0.39, 0.29) is 17.8 Å². The highest BCUT2D eigenvalue weighted by Crippen LogP contribution is 2.30. The molecule has 0 bridgehead atoms. The van der Waals surface area contributed by atoms with Gasteiger partial charge < -0.3 is 9.64 Å². The lowest BCUT2D eigenvalue weighted by Crippen LogP contribution is -2.43. The maximum Gasteiger partial charge on any atom is 0.417 e. The first kappa shape index (κ1) is 22.5. The third-order valence-electron chi connectivity index (χ3n) is 4.90. The topological polar surface area (TPSA) is 49.9 Å². The number of likely N-dealkylation sites (tertiary alicyclic amines) is 1. The van der Waals surface area contributed by atoms with Crippen molar-refractivity contribution in [2.45, 2.75) is 45.3 Å². The molecule has 2 amide bonds. The minimum Gasteiger partial charge on any atom is -0.443 e. The molecule has 31 heavy (non-hydrogen) atoms. The van der Waals surface area contributed by atoms with E-state index in [1.54, 1.807) is 37.9 Å². The number of carbonyl (C=O) groups excluding carboxylic acids is 2. The summed E-state index contributed by atoms with van der Waals surface area (Å²) < 4.78 is 19.0. The summed E-state index contributed by atoms with van der Waals surface area (Å²) in [5.74, 6) is -0.594. The van der Waals surface area contributed by atoms with Gasteiger partial charge in [-0.3, -0.25) is 4.79 Å². The lowest BCUT2D eigenvalue weighted by atomic mass is 9.99. The van der Waals surface area contributed by atoms with Crippen molar-refractivity contribution in [3.05, 3.63) is 71.7 Å². The van der Waals surface area contributed by atoms with Crippen molar-refractivity contribution >= 4 is 12.0 Å². The van der Waals surface area contributed by atoms with E-state index in [2.05, 4.69) is 0 Å². The van der Waals surface area contributed by atoms with E-state index in [9.17, 15) is 14.0 Å². The minimum atomic E-state index is -0.692. The molecular formula is C25H29FN2O3. The molecule has 0 unspecified atom stereocenters. The molecular weight excluding hydrogens is 395 g/mol. The Morgan fingerprint density at radius 2 is 1.84 bits per heavy atom. The van der Waals surface area contributed by atoms with Crippen molar-refractivity contribution in [2.24, 2.45) is 0 Å². The zero-order valence-corrected chi connectivity index (χ0v) is 18.7. The summed E-state index contributed by atoms with van der Waals surface area (Å²) in [7, 11) is 3.69. The molecule has 0 saturated carbocycles. The Labute approximate surface area is 183 Å². The predicted octanol–water partition coefficient (Wildman–Crippen LogP) is 5.02. The molecule has 6 heteroatoms. The molecule has 3 rings (SSSR count). The molecule has 164 valence electrons. The summed E-state index contributed by atoms with van der Waals surface area (Å²) in [5, 5.41) is 0. The van der Waals surface area contributed by atoms with E-state index in [4.69, 9.17) is 4.74 Å². The smallest absolute Gasteiger partial charge is 0.417 e. The average Bonchev–Trinajstić information content (AvgIpc) is 2.95. The van der Waals surface area contributed by atoms with Crippen molar-refractivity contribution in [1.29, 1.82) is 0 Å². The van der Waals surface area contributed by atoms with Crippen LogP contribution >= 0.6 is 0 Å². The molecule has 0 aromatic heterocycles. The van der Waals surface area contributed by atoms with E-state index in [1.807, 2.05) is 44.4 Å². The molecule has 2 aromatic rings. The molecule has 1 saturated heterocycles. The lowest BCUT2D eigenvalue weighted by molar-refractivity contribution is -0.125. The van der Waals surface area contributed by atoms with E-state index >= 15 is 0 Å². The molecule has 5 nitrogen and oxygen atoms in total. The second kappa shape index (κ2) is 8.92. The number of nitrogens with zero attached hydrogens (tertiary/aromatic N) is 2. The van der Waals surface area contributed by atoms with Crippen LogP contribution in [0.25, 0.3) is 11.1 Å². The van der Waals surface area contributed by atoms with Gasteiger partial charge in [0.25, 0.3) is 5.91 Å². The molecule has 0 spiro atoms. The largest absolute Gasteiger partial charge is 0.443 e. The highest BCUT2D eigenvalue weighted by Gasteiger charge is 2.41. The number of hydrogen-bond acceptors (Lipinski definition) is 4. The van der Waals surface area contributed by atoms with E-state index in [0.29, 0.717) is 18.4 Å². The summed E-state index contributed by atoms with van der Waals surface area (Å²) in [6.45, 7) is 5.34. The standard InChI is InChI=1S/C25H29FN2O3/c1-25(2,3)31-24(30)28-22(15-20(23(28)29)16-27(4)5)13-17-9-11-18(12-10-17)19-7-6-8-21(26)14-19/h6-12,14,16,22H,13,15H2,1-5H3/t22-/m1/s1. The molecule has 0 radical (unpaired) electrons. The van der Waals surface area contributed by atoms with Crippen LogP contribution < -0.4 is 0 Å². The van der Waals surface area contributed by atoms with Crippen LogP contribution in [0.3, 0.4) is 0 Å². The molecule has 1 heterocycles. The van der Waals surface area contributed by atoms with Gasteiger partial charge in [0, 0.05) is 32.3 Å². The van der Waals surface area contributed by atoms with Gasteiger partial charge in [-0.15, -0.1) is 0 Å². The van der Waals surface area contributed by atoms with Crippen LogP contribution in [-0.2, 0) is 16.0 Å². The first-order valence-corrected chi connectivity index (χ1v) is 10.3. The van der Waals surface area contributed by atoms with Crippen LogP contribution in [0.1, 0.15) is 32.8 Å². The molecule has 0 N–H and O–H groups in total. The third-order valence-corrected chi connectivity index (χ3v) is 4.90. The van der Waals surface area contributed by atoms with Crippen molar-refractivity contribution < 1.29 is 18.7 Å². The van der Waals surface area contributed by atoms with Crippen LogP contribution in [0.5, 0.6) is 0 Å². The Balaban J connectivity index is 1.83. The number of halogens is 1. The van der Waals surface area contributed by atoms with Gasteiger partial charge >= 0.3 is 6.09 Å². The Kier molecular flexibility index (Phi) is 6.48. The van der Waals surface area contributed by atoms with Gasteiger partial charge in [-0.1, -0.05) is 36.4 Å². The zero-order valence-electron chi connectivity index (χ0n) is 18.7. The van der Waals surface area contributed by atoms with E-state index in [1.165, 1.54) is 17.0 Å². The number of carbonyl (C=O) groups is 2. The van der Waals surface area contributed by atoms with Crippen LogP contribution in [0.4, 0.5) is 9.18 Å². The average molecular weight is 425 g/mol. The third kappa shape index (κ3) is 5.72. The Morgan fingerprint density at radius 1 is 1.16 bits per heavy atom. The normalized spacial score (nSPS) is 17.9. The maximum atomic E-state index is 13.5. The van der Waals surface area contributed by atoms with Gasteiger partial charge in [0.2, 0.25) is 0 Å². The monoisotopic (exact) mass is 424 g/mol. The summed E-state index contributed by atoms with van der Waals surface area (Å²) >= 11 is 0. The second-order valence-electron chi connectivity index (χ2n) is 9.04. The number of hydrogen-bond donors (Lipinski definition) is 0. The summed E-state index contributed by atoms with van der Waals surface area (Å²) in [5.41, 5.74) is 2.58. The second-order valence-corrected chi connectivity index (χ2v) is 9.04. The van der Waals surface area contributed by atoms with Crippen LogP contribution in [0.15, 0.2) is 60.3 Å². The highest BCUT2D eigenvalue weighted by molar-refractivity contribution is 6.05. The SMILES string of the molecule is CN(C)C=C1C[C@@H](Cc2ccc(-c3cccc(F)c3)cc2)N(C(=O)OC(C)(C)C)C1=O. The number of amides is 2. The molecule has 1 aliphatic heterocycles. The van der Waals surface area contributed by atoms with Crippen LogP contribution in [0.2, 0.25) is 0 Å². The van der Waals surface area contributed by atoms with Crippen molar-refractivity contribution in [2.75, 3.05) is 14.1 Å². The predicted molar refractivity (Wildman–Crippen MR) is 119 cm³/mol. The van der Waals surface area contributed by atoms with Crippen LogP contribution in [-0.4, -0.2) is 47.5 Å². The number of benzene rings is 2. The minimum absolute atomic E-state index is 0.278. The van der Waals surface area contributed by atoms with Crippen LogP contribution in [0, 0.1) is 5.82 Å². The Morgan fingerprint density at radius 3 is 2.42 bits per heavy atom. The quantitative estimate of drug-likeness (QED) is 0.647. The Bertz CT molecular complexity index is 991. The fourth-order valence-electron chi connectivity index (χ4n) is 3.65. The molecule has 1 fully saturated rings. The zero-order chi connectivity index (χ0) is 22.8. The lowest BCUT2D eigenvalue weighted by Gasteiger charge is -2.27. The van der Waals surface area contributed by atoms with Gasteiger partial charge in [0.05, 0.1) is 6.04 Å². The molecule has 0 aliphatic carbocycles. The van der Waals surface area contributed by atoms with Gasteiger partial charge in [-0.05, 0) is 56.0 Å². The fourth-order valence-corrected chi connectivity index (χ4v) is 3.65. The van der Waals surface area contributed by atoms with Gasteiger partial charge in [0.1, 0.15) is 11.4 Å². The summed E-state index contributed by atoms with van der Waals surface area (Å²) in [6, 6.07) is 13.9. The number of ether oxygens (including phenoxy) is 1. The molecule has 1 atom stereocenters. The summed E-state index contributed by atoms with van der Waals surface area (Å²) in [6.07, 6.45) is 2.11. The molecule has 2 aromatic carbocycles. The van der Waals surface area contributed by atoms with Crippen molar-refractivity contribution in [1.82, 2.24) is 9.80 Å². The molecule has 1 aliphatic rings. The van der Waals surface area contributed by atoms with E-state index in [0.717, 1.165) is 16.7 Å². The maximum absolute atomic E-state index is 13.5. The van der Waals surface area contributed by atoms with Crippen molar-refractivity contribution in [3.8, 4) is 11.1 Å². The van der Waals surface area contributed by atoms with Crippen molar-refractivity contribution in [3.63, 3.8) is 0 Å². The van der Waals surface area contributed by atoms with Gasteiger partial charge in [-0.25, -0.2) is 14.1 Å². The first-order valence-electron chi connectivity index (χ1n) is 10.3. The summed E-state index contributed by atoms with van der Waals surface area (Å²) in [4.78, 5) is 28.8.